The second kappa shape index (κ2) is 3.60. The van der Waals surface area contributed by atoms with Crippen LogP contribution in [0.25, 0.3) is 0 Å². The first-order valence-corrected chi connectivity index (χ1v) is 5.86. The maximum atomic E-state index is 2.42. The Kier molecular flexibility index (Phi) is 2.63. The van der Waals surface area contributed by atoms with Gasteiger partial charge in [-0.15, -0.1) is 0 Å². The van der Waals surface area contributed by atoms with Crippen molar-refractivity contribution in [1.82, 2.24) is 0 Å². The predicted molar refractivity (Wildman–Crippen MR) is 64.8 cm³/mol. The minimum Gasteiger partial charge on any atom is -0.0577 e. The van der Waals surface area contributed by atoms with Crippen molar-refractivity contribution < 1.29 is 0 Å². The van der Waals surface area contributed by atoms with Gasteiger partial charge in [-0.3, -0.25) is 0 Å². The van der Waals surface area contributed by atoms with Crippen LogP contribution >= 0.6 is 22.6 Å². The normalized spacial score (nSPS) is 16.6. The molecule has 0 unspecified atom stereocenters. The lowest BCUT2D eigenvalue weighted by Crippen LogP contribution is -1.94. The van der Waals surface area contributed by atoms with Gasteiger partial charge in [-0.25, -0.2) is 0 Å². The minimum atomic E-state index is 0.870. The fourth-order valence-corrected chi connectivity index (χ4v) is 2.47. The molecule has 1 saturated carbocycles. The first kappa shape index (κ1) is 9.50. The average Bonchev–Trinajstić information content (AvgIpc) is 2.87. The van der Waals surface area contributed by atoms with Crippen LogP contribution in [0.1, 0.15) is 43.7 Å². The molecule has 1 fully saturated rings. The van der Waals surface area contributed by atoms with Crippen LogP contribution in [0.5, 0.6) is 0 Å². The predicted octanol–water partition coefficient (Wildman–Crippen LogP) is 4.13. The average molecular weight is 285 g/mol. The van der Waals surface area contributed by atoms with E-state index in [1.165, 1.54) is 33.5 Å². The van der Waals surface area contributed by atoms with E-state index in [0.29, 0.717) is 0 Å². The van der Waals surface area contributed by atoms with Crippen molar-refractivity contribution in [2.24, 2.45) is 0 Å². The Morgan fingerprint density at radius 1 is 1.31 bits per heavy atom. The van der Waals surface area contributed by atoms with Crippen LogP contribution < -0.4 is 0 Å². The summed E-state index contributed by atoms with van der Waals surface area (Å²) in [6.45, 7) is 4.38. The van der Waals surface area contributed by atoms with Crippen LogP contribution in [0.3, 0.4) is 0 Å². The zero-order chi connectivity index (χ0) is 9.42. The molecule has 13 heavy (non-hydrogen) atoms. The molecule has 0 aromatic heterocycles. The molecule has 1 aliphatic rings. The van der Waals surface area contributed by atoms with Crippen LogP contribution in [0.4, 0.5) is 0 Å². The van der Waals surface area contributed by atoms with Gasteiger partial charge in [0.15, 0.2) is 0 Å². The smallest absolute Gasteiger partial charge is 0.0168 e. The molecule has 0 bridgehead atoms. The summed E-state index contributed by atoms with van der Waals surface area (Å²) in [5.74, 6) is 2.29. The van der Waals surface area contributed by atoms with Gasteiger partial charge >= 0.3 is 0 Å². The van der Waals surface area contributed by atoms with Crippen LogP contribution in [0.2, 0.25) is 0 Å². The number of hydrogen-bond acceptors (Lipinski definition) is 0. The molecule has 0 nitrogen and oxygen atoms in total. The molecule has 0 amide bonds. The Balaban J connectivity index is 2.36. The topological polar surface area (TPSA) is 0 Å². The molecule has 0 spiro atoms. The minimum absolute atomic E-state index is 0.870. The molecule has 1 aliphatic carbocycles. The van der Waals surface area contributed by atoms with E-state index >= 15 is 0 Å². The molecule has 1 heteroatoms. The molecule has 0 aliphatic heterocycles. The van der Waals surface area contributed by atoms with Gasteiger partial charge in [-0.1, -0.05) is 26.0 Å². The highest BCUT2D eigenvalue weighted by Gasteiger charge is 2.24. The Morgan fingerprint density at radius 2 is 2.00 bits per heavy atom. The molecular weight excluding hydrogens is 271 g/mol. The zero-order valence-electron chi connectivity index (χ0n) is 8.10. The maximum Gasteiger partial charge on any atom is 0.0168 e. The monoisotopic (exact) mass is 285 g/mol. The van der Waals surface area contributed by atoms with E-state index in [2.05, 4.69) is 54.6 Å². The van der Waals surface area contributed by atoms with E-state index in [1.807, 2.05) is 0 Å². The molecule has 0 N–H and O–H groups in total. The van der Waals surface area contributed by atoms with Crippen molar-refractivity contribution in [2.45, 2.75) is 32.6 Å². The van der Waals surface area contributed by atoms with Gasteiger partial charge in [-0.05, 0) is 64.5 Å². The van der Waals surface area contributed by atoms with Crippen LogP contribution in [-0.2, 0) is 0 Å². The van der Waals surface area contributed by atoms with E-state index in [1.54, 1.807) is 0 Å². The van der Waals surface area contributed by atoms with Crippen LogP contribution in [0.15, 0.2) is 18.2 Å². The number of hydrogen-bond donors (Lipinski definition) is 0. The van der Waals surface area contributed by atoms with Crippen molar-refractivity contribution in [2.75, 3.05) is 0 Å². The third kappa shape index (κ3) is 2.06. The van der Waals surface area contributed by atoms with Gasteiger partial charge in [0.1, 0.15) is 0 Å². The van der Waals surface area contributed by atoms with Gasteiger partial charge in [0.25, 0.3) is 0 Å². The Labute approximate surface area is 93.9 Å². The van der Waals surface area contributed by atoms with Crippen molar-refractivity contribution in [1.29, 1.82) is 0 Å². The van der Waals surface area contributed by atoms with Crippen molar-refractivity contribution in [3.05, 3.63) is 38.8 Å². The summed E-state index contributed by atoms with van der Waals surface area (Å²) in [5.41, 5.74) is 2.97. The standard InChI is InChI=1S/C12H14I/c1-8(2)11-7-10(9-3-4-9)5-6-12(11)13/h5-7,9H,3-4H2,1-2H3. The Morgan fingerprint density at radius 3 is 2.54 bits per heavy atom. The highest BCUT2D eigenvalue weighted by Crippen LogP contribution is 2.41. The van der Waals surface area contributed by atoms with Gasteiger partial charge in [0, 0.05) is 3.57 Å². The molecule has 69 valence electrons. The molecule has 0 heterocycles. The summed E-state index contributed by atoms with van der Waals surface area (Å²) >= 11 is 2.42. The molecule has 1 aromatic carbocycles. The summed E-state index contributed by atoms with van der Waals surface area (Å²) in [7, 11) is 0. The van der Waals surface area contributed by atoms with Gasteiger partial charge in [0.05, 0.1) is 0 Å². The number of benzene rings is 1. The van der Waals surface area contributed by atoms with E-state index in [-0.39, 0.29) is 0 Å². The lowest BCUT2D eigenvalue weighted by Gasteiger charge is -2.09. The van der Waals surface area contributed by atoms with E-state index in [9.17, 15) is 0 Å². The molecule has 0 saturated heterocycles. The van der Waals surface area contributed by atoms with Gasteiger partial charge in [0.2, 0.25) is 0 Å². The molecule has 1 radical (unpaired) electrons. The summed E-state index contributed by atoms with van der Waals surface area (Å²) in [4.78, 5) is 0. The summed E-state index contributed by atoms with van der Waals surface area (Å²) in [6, 6.07) is 6.90. The third-order valence-electron chi connectivity index (χ3n) is 2.58. The number of halogens is 1. The maximum absolute atomic E-state index is 2.42. The second-order valence-electron chi connectivity index (χ2n) is 4.01. The van der Waals surface area contributed by atoms with Crippen LogP contribution in [-0.4, -0.2) is 0 Å². The molecule has 2 rings (SSSR count). The second-order valence-corrected chi connectivity index (χ2v) is 5.18. The van der Waals surface area contributed by atoms with Gasteiger partial charge < -0.3 is 0 Å². The quantitative estimate of drug-likeness (QED) is 0.717. The first-order chi connectivity index (χ1) is 6.18. The molecular formula is C12H14I. The summed E-state index contributed by atoms with van der Waals surface area (Å²) in [6.07, 6.45) is 2.78. The largest absolute Gasteiger partial charge is 0.0577 e. The van der Waals surface area contributed by atoms with E-state index in [4.69, 9.17) is 0 Å². The zero-order valence-corrected chi connectivity index (χ0v) is 10.3. The highest BCUT2D eigenvalue weighted by atomic mass is 127. The Hall–Kier alpha value is -0.0500. The van der Waals surface area contributed by atoms with Crippen molar-refractivity contribution in [3.8, 4) is 0 Å². The first-order valence-electron chi connectivity index (χ1n) is 4.78. The number of rotatable bonds is 2. The van der Waals surface area contributed by atoms with Crippen molar-refractivity contribution >= 4 is 22.6 Å². The van der Waals surface area contributed by atoms with Crippen LogP contribution in [0, 0.1) is 9.49 Å². The fourth-order valence-electron chi connectivity index (χ4n) is 1.60. The summed E-state index contributed by atoms with van der Waals surface area (Å²) in [5, 5.41) is 0. The lowest BCUT2D eigenvalue weighted by atomic mass is 9.99. The third-order valence-corrected chi connectivity index (χ3v) is 3.52. The lowest BCUT2D eigenvalue weighted by molar-refractivity contribution is 1.08. The fraction of sp³-hybridized carbons (Fsp3) is 0.417. The highest BCUT2D eigenvalue weighted by molar-refractivity contribution is 14.1. The van der Waals surface area contributed by atoms with E-state index in [0.717, 1.165) is 5.92 Å². The molecule has 0 atom stereocenters. The Bertz CT molecular complexity index is 311. The van der Waals surface area contributed by atoms with Gasteiger partial charge in [-0.2, -0.15) is 0 Å². The van der Waals surface area contributed by atoms with Crippen molar-refractivity contribution in [3.63, 3.8) is 0 Å². The summed E-state index contributed by atoms with van der Waals surface area (Å²) < 4.78 is 1.38. The SMILES string of the molecule is C[C](C)c1cc(C2CC2)ccc1I. The molecule has 1 aromatic rings. The van der Waals surface area contributed by atoms with E-state index < -0.39 is 0 Å².